The summed E-state index contributed by atoms with van der Waals surface area (Å²) in [5, 5.41) is 1.52. The normalized spacial score (nSPS) is 13.2. The van der Waals surface area contributed by atoms with Gasteiger partial charge >= 0.3 is 5.97 Å². The van der Waals surface area contributed by atoms with E-state index in [2.05, 4.69) is 4.98 Å². The van der Waals surface area contributed by atoms with Crippen molar-refractivity contribution in [2.24, 2.45) is 0 Å². The maximum Gasteiger partial charge on any atom is 0.333 e. The van der Waals surface area contributed by atoms with E-state index >= 15 is 0 Å². The first kappa shape index (κ1) is 16.0. The number of aryl methyl sites for hydroxylation is 1. The maximum atomic E-state index is 12.2. The Kier molecular flexibility index (Phi) is 3.93. The summed E-state index contributed by atoms with van der Waals surface area (Å²) in [6.45, 7) is 0. The fourth-order valence-electron chi connectivity index (χ4n) is 2.90. The molecule has 0 bridgehead atoms. The van der Waals surface area contributed by atoms with Crippen LogP contribution < -0.4 is 0 Å². The van der Waals surface area contributed by atoms with Crippen LogP contribution in [0, 0.1) is 0 Å². The van der Waals surface area contributed by atoms with Gasteiger partial charge in [-0.1, -0.05) is 35.4 Å². The number of amides is 2. The van der Waals surface area contributed by atoms with Crippen LogP contribution in [-0.2, 0) is 16.1 Å². The summed E-state index contributed by atoms with van der Waals surface area (Å²) in [5.74, 6) is -1.88. The van der Waals surface area contributed by atoms with Gasteiger partial charge in [0, 0.05) is 11.6 Å². The highest BCUT2D eigenvalue weighted by molar-refractivity contribution is 6.20. The lowest BCUT2D eigenvalue weighted by Crippen LogP contribution is -2.32. The molecule has 0 fully saturated rings. The second-order valence-corrected chi connectivity index (χ2v) is 5.95. The summed E-state index contributed by atoms with van der Waals surface area (Å²) in [4.78, 5) is 45.8. The van der Waals surface area contributed by atoms with Crippen molar-refractivity contribution in [3.05, 3.63) is 77.5 Å². The molecule has 0 aliphatic carbocycles. The number of fused-ring (bicyclic) bond motifs is 2. The van der Waals surface area contributed by atoms with E-state index in [0.29, 0.717) is 11.5 Å². The predicted octanol–water partition coefficient (Wildman–Crippen LogP) is 2.92. The number of para-hydroxylation sites is 1. The summed E-state index contributed by atoms with van der Waals surface area (Å²) in [7, 11) is 0. The lowest BCUT2D eigenvalue weighted by molar-refractivity contribution is -0.168. The van der Waals surface area contributed by atoms with Gasteiger partial charge in [0.1, 0.15) is 0 Å². The smallest absolute Gasteiger partial charge is 0.330 e. The van der Waals surface area contributed by atoms with Crippen molar-refractivity contribution in [3.63, 3.8) is 0 Å². The quantitative estimate of drug-likeness (QED) is 0.679. The van der Waals surface area contributed by atoms with Crippen molar-refractivity contribution >= 4 is 28.7 Å². The third-order valence-electron chi connectivity index (χ3n) is 4.21. The van der Waals surface area contributed by atoms with Crippen molar-refractivity contribution in [1.82, 2.24) is 10.0 Å². The molecule has 4 rings (SSSR count). The molecular formula is C20H14N2O4. The van der Waals surface area contributed by atoms with E-state index < -0.39 is 17.8 Å². The van der Waals surface area contributed by atoms with Crippen molar-refractivity contribution in [2.45, 2.75) is 12.8 Å². The van der Waals surface area contributed by atoms with Gasteiger partial charge in [0.15, 0.2) is 0 Å². The number of hydrogen-bond donors (Lipinski definition) is 0. The fraction of sp³-hybridized carbons (Fsp3) is 0.100. The van der Waals surface area contributed by atoms with Gasteiger partial charge in [-0.05, 0) is 36.2 Å². The van der Waals surface area contributed by atoms with Crippen molar-refractivity contribution in [2.75, 3.05) is 0 Å². The maximum absolute atomic E-state index is 12.2. The highest BCUT2D eigenvalue weighted by atomic mass is 16.7. The Balaban J connectivity index is 1.41. The number of hydroxylamine groups is 2. The van der Waals surface area contributed by atoms with Gasteiger partial charge in [-0.15, -0.1) is 0 Å². The second kappa shape index (κ2) is 6.40. The van der Waals surface area contributed by atoms with Crippen molar-refractivity contribution in [3.8, 4) is 0 Å². The number of rotatable bonds is 4. The Labute approximate surface area is 149 Å². The minimum Gasteiger partial charge on any atom is -0.330 e. The molecule has 1 aliphatic rings. The number of nitrogens with zero attached hydrogens (tertiary/aromatic N) is 2. The third-order valence-corrected chi connectivity index (χ3v) is 4.21. The lowest BCUT2D eigenvalue weighted by atomic mass is 10.1. The summed E-state index contributed by atoms with van der Waals surface area (Å²) < 4.78 is 0. The van der Waals surface area contributed by atoms with Crippen molar-refractivity contribution in [1.29, 1.82) is 0 Å². The lowest BCUT2D eigenvalue weighted by Gasteiger charge is -2.12. The number of carbonyl (C=O) groups is 3. The van der Waals surface area contributed by atoms with Crippen molar-refractivity contribution < 1.29 is 19.2 Å². The van der Waals surface area contributed by atoms with Crippen LogP contribution in [0.1, 0.15) is 32.7 Å². The largest absolute Gasteiger partial charge is 0.333 e. The topological polar surface area (TPSA) is 76.6 Å². The van der Waals surface area contributed by atoms with Gasteiger partial charge in [-0.25, -0.2) is 4.79 Å². The molecule has 1 aromatic heterocycles. The Hall–Kier alpha value is -3.54. The third kappa shape index (κ3) is 2.82. The molecule has 2 heterocycles. The van der Waals surface area contributed by atoms with Crippen LogP contribution in [-0.4, -0.2) is 27.8 Å². The molecular weight excluding hydrogens is 332 g/mol. The molecule has 3 aromatic rings. The average Bonchev–Trinajstić information content (AvgIpc) is 2.91. The first-order valence-corrected chi connectivity index (χ1v) is 8.16. The standard InChI is InChI=1S/C20H14N2O4/c23-18(10-9-13-11-14-5-1-4-8-17(14)21-12-13)26-22-19(24)15-6-2-3-7-16(15)20(22)25/h1-8,11-12H,9-10H2. The summed E-state index contributed by atoms with van der Waals surface area (Å²) in [5.41, 5.74) is 2.24. The van der Waals surface area contributed by atoms with Crippen LogP contribution in [0.15, 0.2) is 60.8 Å². The number of hydrogen-bond acceptors (Lipinski definition) is 5. The number of benzene rings is 2. The zero-order valence-corrected chi connectivity index (χ0v) is 13.7. The Morgan fingerprint density at radius 2 is 1.62 bits per heavy atom. The molecule has 2 amide bonds. The molecule has 6 heteroatoms. The molecule has 0 atom stereocenters. The molecule has 128 valence electrons. The molecule has 0 spiro atoms. The van der Waals surface area contributed by atoms with Gasteiger partial charge < -0.3 is 4.84 Å². The SMILES string of the molecule is O=C(CCc1cnc2ccccc2c1)ON1C(=O)c2ccccc2C1=O. The molecule has 1 aliphatic heterocycles. The summed E-state index contributed by atoms with van der Waals surface area (Å²) in [6.07, 6.45) is 2.14. The molecule has 0 N–H and O–H groups in total. The van der Waals surface area contributed by atoms with Crippen LogP contribution >= 0.6 is 0 Å². The number of pyridine rings is 1. The van der Waals surface area contributed by atoms with E-state index in [1.54, 1.807) is 18.3 Å². The van der Waals surface area contributed by atoms with Gasteiger partial charge in [-0.3, -0.25) is 14.6 Å². The minimum absolute atomic E-state index is 0.0351. The van der Waals surface area contributed by atoms with Gasteiger partial charge in [-0.2, -0.15) is 0 Å². The van der Waals surface area contributed by atoms with E-state index in [1.807, 2.05) is 30.3 Å². The van der Waals surface area contributed by atoms with Crippen LogP contribution in [0.2, 0.25) is 0 Å². The van der Waals surface area contributed by atoms with Crippen LogP contribution in [0.5, 0.6) is 0 Å². The van der Waals surface area contributed by atoms with Gasteiger partial charge in [0.2, 0.25) is 0 Å². The molecule has 0 saturated carbocycles. The van der Waals surface area contributed by atoms with Crippen LogP contribution in [0.3, 0.4) is 0 Å². The van der Waals surface area contributed by atoms with Crippen LogP contribution in [0.4, 0.5) is 0 Å². The second-order valence-electron chi connectivity index (χ2n) is 5.95. The monoisotopic (exact) mass is 346 g/mol. The zero-order chi connectivity index (χ0) is 18.1. The number of aromatic nitrogens is 1. The zero-order valence-electron chi connectivity index (χ0n) is 13.7. The minimum atomic E-state index is -0.646. The first-order valence-electron chi connectivity index (χ1n) is 8.16. The molecule has 0 radical (unpaired) electrons. The van der Waals surface area contributed by atoms with E-state index in [9.17, 15) is 14.4 Å². The number of carbonyl (C=O) groups excluding carboxylic acids is 3. The first-order chi connectivity index (χ1) is 12.6. The van der Waals surface area contributed by atoms with E-state index in [4.69, 9.17) is 4.84 Å². The summed E-state index contributed by atoms with van der Waals surface area (Å²) >= 11 is 0. The Morgan fingerprint density at radius 1 is 0.962 bits per heavy atom. The molecule has 0 saturated heterocycles. The number of imide groups is 1. The van der Waals surface area contributed by atoms with Gasteiger partial charge in [0.05, 0.1) is 23.1 Å². The molecule has 2 aromatic carbocycles. The van der Waals surface area contributed by atoms with E-state index in [-0.39, 0.29) is 17.5 Å². The Morgan fingerprint density at radius 3 is 2.35 bits per heavy atom. The highest BCUT2D eigenvalue weighted by Crippen LogP contribution is 2.23. The molecule has 6 nitrogen and oxygen atoms in total. The Bertz CT molecular complexity index is 1010. The van der Waals surface area contributed by atoms with Crippen LogP contribution in [0.25, 0.3) is 10.9 Å². The highest BCUT2D eigenvalue weighted by Gasteiger charge is 2.38. The average molecular weight is 346 g/mol. The summed E-state index contributed by atoms with van der Waals surface area (Å²) in [6, 6.07) is 16.0. The molecule has 26 heavy (non-hydrogen) atoms. The predicted molar refractivity (Wildman–Crippen MR) is 93.1 cm³/mol. The fourth-order valence-corrected chi connectivity index (χ4v) is 2.90. The van der Waals surface area contributed by atoms with Gasteiger partial charge in [0.25, 0.3) is 11.8 Å². The molecule has 0 unspecified atom stereocenters. The van der Waals surface area contributed by atoms with E-state index in [0.717, 1.165) is 16.5 Å². The van der Waals surface area contributed by atoms with E-state index in [1.165, 1.54) is 12.1 Å².